The molecule has 1 N–H and O–H groups in total. The summed E-state index contributed by atoms with van der Waals surface area (Å²) >= 11 is 0. The predicted octanol–water partition coefficient (Wildman–Crippen LogP) is 3.45. The van der Waals surface area contributed by atoms with Crippen LogP contribution in [0.1, 0.15) is 31.9 Å². The zero-order valence-corrected chi connectivity index (χ0v) is 9.78. The molecule has 0 unspecified atom stereocenters. The molecule has 1 aromatic carbocycles. The van der Waals surface area contributed by atoms with E-state index in [1.54, 1.807) is 6.92 Å². The number of rotatable bonds is 0. The summed E-state index contributed by atoms with van der Waals surface area (Å²) in [6.07, 6.45) is 0. The number of hydrogen-bond acceptors (Lipinski definition) is 1. The van der Waals surface area contributed by atoms with E-state index in [4.69, 9.17) is 0 Å². The van der Waals surface area contributed by atoms with Crippen molar-refractivity contribution in [2.75, 3.05) is 0 Å². The van der Waals surface area contributed by atoms with E-state index in [1.165, 1.54) is 6.07 Å². The van der Waals surface area contributed by atoms with Gasteiger partial charge in [0.15, 0.2) is 5.82 Å². The second-order valence-corrected chi connectivity index (χ2v) is 5.06. The number of nitrogens with zero attached hydrogens (tertiary/aromatic N) is 1. The Balaban J connectivity index is 2.96. The Morgan fingerprint density at radius 2 is 1.88 bits per heavy atom. The van der Waals surface area contributed by atoms with Crippen molar-refractivity contribution in [1.29, 1.82) is 0 Å². The Bertz CT molecular complexity index is 550. The van der Waals surface area contributed by atoms with E-state index in [2.05, 4.69) is 10.2 Å². The van der Waals surface area contributed by atoms with Gasteiger partial charge in [0.25, 0.3) is 0 Å². The maximum Gasteiger partial charge on any atom is 0.217 e. The van der Waals surface area contributed by atoms with Crippen LogP contribution < -0.4 is 0 Å². The van der Waals surface area contributed by atoms with Gasteiger partial charge in [0, 0.05) is 0 Å². The summed E-state index contributed by atoms with van der Waals surface area (Å²) in [5.41, 5.74) is 1.38. The van der Waals surface area contributed by atoms with Gasteiger partial charge < -0.3 is 0 Å². The summed E-state index contributed by atoms with van der Waals surface area (Å²) in [5.74, 6) is -1.05. The molecule has 0 atom stereocenters. The van der Waals surface area contributed by atoms with Crippen molar-refractivity contribution in [3.63, 3.8) is 0 Å². The molecule has 0 aliphatic carbocycles. The van der Waals surface area contributed by atoms with Crippen LogP contribution in [0.5, 0.6) is 0 Å². The summed E-state index contributed by atoms with van der Waals surface area (Å²) < 4.78 is 27.2. The zero-order chi connectivity index (χ0) is 12.1. The first-order valence-corrected chi connectivity index (χ1v) is 5.15. The molecule has 0 saturated carbocycles. The average Bonchev–Trinajstić information content (AvgIpc) is 2.46. The van der Waals surface area contributed by atoms with E-state index in [1.807, 2.05) is 20.8 Å². The largest absolute Gasteiger partial charge is 0.252 e. The highest BCUT2D eigenvalue weighted by Gasteiger charge is 2.25. The molecule has 1 heterocycles. The molecular formula is C12H14F2N2. The molecule has 2 aromatic rings. The van der Waals surface area contributed by atoms with Crippen LogP contribution >= 0.6 is 0 Å². The fraction of sp³-hybridized carbons (Fsp3) is 0.417. The fourth-order valence-corrected chi connectivity index (χ4v) is 2.22. The molecule has 2 rings (SSSR count). The first-order valence-electron chi connectivity index (χ1n) is 5.15. The van der Waals surface area contributed by atoms with Gasteiger partial charge in [-0.2, -0.15) is 9.49 Å². The van der Waals surface area contributed by atoms with Crippen LogP contribution in [0.2, 0.25) is 0 Å². The van der Waals surface area contributed by atoms with E-state index in [0.717, 1.165) is 11.1 Å². The van der Waals surface area contributed by atoms with Crippen LogP contribution in [0.3, 0.4) is 0 Å². The first kappa shape index (κ1) is 11.0. The number of H-pyrrole nitrogens is 1. The number of aromatic amines is 1. The summed E-state index contributed by atoms with van der Waals surface area (Å²) in [6, 6.07) is 1.41. The van der Waals surface area contributed by atoms with Crippen molar-refractivity contribution in [2.45, 2.75) is 33.1 Å². The summed E-state index contributed by atoms with van der Waals surface area (Å²) in [6.45, 7) is 7.70. The normalized spacial score (nSPS) is 12.4. The van der Waals surface area contributed by atoms with Crippen LogP contribution in [-0.4, -0.2) is 10.2 Å². The molecule has 0 aliphatic heterocycles. The third-order valence-electron chi connectivity index (χ3n) is 2.69. The summed E-state index contributed by atoms with van der Waals surface area (Å²) in [4.78, 5) is 0. The molecule has 16 heavy (non-hydrogen) atoms. The standard InChI is InChI=1S/C12H14F2N2/c1-6-5-7(13)10-8(11(14)16-15-10)9(6)12(2,3)4/h5H,1-4H3,(H,15,16). The van der Waals surface area contributed by atoms with Crippen LogP contribution in [-0.2, 0) is 5.41 Å². The van der Waals surface area contributed by atoms with Crippen LogP contribution in [0.4, 0.5) is 8.78 Å². The Morgan fingerprint density at radius 3 is 2.44 bits per heavy atom. The van der Waals surface area contributed by atoms with Crippen molar-refractivity contribution in [2.24, 2.45) is 0 Å². The van der Waals surface area contributed by atoms with Gasteiger partial charge in [0.05, 0.1) is 5.39 Å². The second-order valence-electron chi connectivity index (χ2n) is 5.06. The van der Waals surface area contributed by atoms with Crippen molar-refractivity contribution >= 4 is 10.9 Å². The quantitative estimate of drug-likeness (QED) is 0.729. The van der Waals surface area contributed by atoms with Gasteiger partial charge in [-0.25, -0.2) is 4.39 Å². The fourth-order valence-electron chi connectivity index (χ4n) is 2.22. The lowest BCUT2D eigenvalue weighted by Gasteiger charge is -2.22. The van der Waals surface area contributed by atoms with E-state index in [9.17, 15) is 8.78 Å². The Hall–Kier alpha value is -1.45. The maximum absolute atomic E-state index is 13.6. The van der Waals surface area contributed by atoms with Gasteiger partial charge in [0.1, 0.15) is 5.52 Å². The lowest BCUT2D eigenvalue weighted by Crippen LogP contribution is -2.14. The molecule has 0 amide bonds. The molecule has 0 spiro atoms. The van der Waals surface area contributed by atoms with Crippen LogP contribution in [0.25, 0.3) is 10.9 Å². The Kier molecular flexibility index (Phi) is 2.26. The minimum atomic E-state index is -0.567. The lowest BCUT2D eigenvalue weighted by molar-refractivity contribution is 0.568. The number of hydrogen-bond donors (Lipinski definition) is 1. The predicted molar refractivity (Wildman–Crippen MR) is 59.4 cm³/mol. The van der Waals surface area contributed by atoms with Gasteiger partial charge >= 0.3 is 0 Å². The van der Waals surface area contributed by atoms with Crippen LogP contribution in [0.15, 0.2) is 6.07 Å². The van der Waals surface area contributed by atoms with E-state index in [-0.39, 0.29) is 16.3 Å². The van der Waals surface area contributed by atoms with Gasteiger partial charge in [-0.1, -0.05) is 20.8 Å². The maximum atomic E-state index is 13.6. The number of aryl methyl sites for hydroxylation is 1. The summed E-state index contributed by atoms with van der Waals surface area (Å²) in [7, 11) is 0. The van der Waals surface area contributed by atoms with Gasteiger partial charge in [-0.15, -0.1) is 0 Å². The minimum absolute atomic E-state index is 0.0769. The van der Waals surface area contributed by atoms with Gasteiger partial charge in [0.2, 0.25) is 5.95 Å². The molecule has 86 valence electrons. The summed E-state index contributed by atoms with van der Waals surface area (Å²) in [5, 5.41) is 6.13. The molecule has 0 bridgehead atoms. The number of fused-ring (bicyclic) bond motifs is 1. The Labute approximate surface area is 92.7 Å². The number of halogens is 2. The number of benzene rings is 1. The second kappa shape index (κ2) is 3.27. The topological polar surface area (TPSA) is 28.7 Å². The SMILES string of the molecule is Cc1cc(F)c2n[nH]c(F)c2c1C(C)(C)C. The molecule has 0 aliphatic rings. The molecule has 4 heteroatoms. The highest BCUT2D eigenvalue weighted by Crippen LogP contribution is 2.34. The Morgan fingerprint density at radius 1 is 1.25 bits per heavy atom. The average molecular weight is 224 g/mol. The van der Waals surface area contributed by atoms with E-state index in [0.29, 0.717) is 0 Å². The molecule has 2 nitrogen and oxygen atoms in total. The zero-order valence-electron chi connectivity index (χ0n) is 9.78. The molecule has 1 aromatic heterocycles. The van der Waals surface area contributed by atoms with Gasteiger partial charge in [-0.05, 0) is 29.5 Å². The first-order chi connectivity index (χ1) is 7.32. The van der Waals surface area contributed by atoms with Crippen molar-refractivity contribution < 1.29 is 8.78 Å². The number of nitrogens with one attached hydrogen (secondary N) is 1. The van der Waals surface area contributed by atoms with E-state index < -0.39 is 11.8 Å². The lowest BCUT2D eigenvalue weighted by atomic mass is 9.82. The third-order valence-corrected chi connectivity index (χ3v) is 2.69. The highest BCUT2D eigenvalue weighted by molar-refractivity contribution is 5.85. The minimum Gasteiger partial charge on any atom is -0.252 e. The third kappa shape index (κ3) is 1.49. The van der Waals surface area contributed by atoms with Crippen molar-refractivity contribution in [3.05, 3.63) is 29.0 Å². The molecule has 0 saturated heterocycles. The molecule has 0 radical (unpaired) electrons. The highest BCUT2D eigenvalue weighted by atomic mass is 19.1. The van der Waals surface area contributed by atoms with Crippen molar-refractivity contribution in [3.8, 4) is 0 Å². The van der Waals surface area contributed by atoms with Crippen LogP contribution in [0, 0.1) is 18.7 Å². The van der Waals surface area contributed by atoms with Crippen molar-refractivity contribution in [1.82, 2.24) is 10.2 Å². The molecule has 0 fully saturated rings. The van der Waals surface area contributed by atoms with Gasteiger partial charge in [-0.3, -0.25) is 5.10 Å². The number of aromatic nitrogens is 2. The smallest absolute Gasteiger partial charge is 0.217 e. The monoisotopic (exact) mass is 224 g/mol. The van der Waals surface area contributed by atoms with E-state index >= 15 is 0 Å². The molecular weight excluding hydrogens is 210 g/mol.